The van der Waals surface area contributed by atoms with Crippen LogP contribution in [0.25, 0.3) is 0 Å². The molecule has 20 heavy (non-hydrogen) atoms. The van der Waals surface area contributed by atoms with Crippen LogP contribution in [0.15, 0.2) is 23.2 Å². The van der Waals surface area contributed by atoms with E-state index in [1.54, 1.807) is 0 Å². The van der Waals surface area contributed by atoms with Crippen molar-refractivity contribution in [3.63, 3.8) is 0 Å². The molecule has 0 aliphatic heterocycles. The number of sulfonamides is 1. The van der Waals surface area contributed by atoms with E-state index < -0.39 is 10.0 Å². The zero-order valence-corrected chi connectivity index (χ0v) is 12.7. The lowest BCUT2D eigenvalue weighted by atomic mass is 9.82. The molecule has 2 rings (SSSR count). The fourth-order valence-corrected chi connectivity index (χ4v) is 3.48. The first-order chi connectivity index (χ1) is 9.30. The lowest BCUT2D eigenvalue weighted by molar-refractivity contribution is 0.0367. The van der Waals surface area contributed by atoms with Crippen molar-refractivity contribution in [2.24, 2.45) is 11.7 Å². The van der Waals surface area contributed by atoms with Crippen LogP contribution in [0.1, 0.15) is 18.5 Å². The first-order valence-corrected chi connectivity index (χ1v) is 8.06. The Hall–Kier alpha value is -1.09. The lowest BCUT2D eigenvalue weighted by Crippen LogP contribution is -2.39. The topological polar surface area (TPSA) is 96.5 Å². The molecule has 0 bridgehead atoms. The molecule has 0 saturated heterocycles. The van der Waals surface area contributed by atoms with Crippen molar-refractivity contribution in [2.75, 3.05) is 13.6 Å². The van der Waals surface area contributed by atoms with Crippen LogP contribution in [-0.2, 0) is 10.0 Å². The lowest BCUT2D eigenvalue weighted by Gasteiger charge is -2.34. The van der Waals surface area contributed by atoms with Crippen LogP contribution < -0.4 is 5.73 Å². The second kappa shape index (κ2) is 5.72. The molecule has 3 N–H and O–H groups in total. The van der Waals surface area contributed by atoms with Crippen LogP contribution in [0, 0.1) is 5.92 Å². The van der Waals surface area contributed by atoms with E-state index in [-0.39, 0.29) is 21.9 Å². The zero-order chi connectivity index (χ0) is 14.9. The van der Waals surface area contributed by atoms with Gasteiger partial charge in [-0.05, 0) is 30.9 Å². The maximum Gasteiger partial charge on any atom is 0.244 e. The molecule has 0 spiro atoms. The third-order valence-corrected chi connectivity index (χ3v) is 5.44. The van der Waals surface area contributed by atoms with Gasteiger partial charge in [0, 0.05) is 19.8 Å². The monoisotopic (exact) mass is 315 g/mol. The van der Waals surface area contributed by atoms with Crippen molar-refractivity contribution in [1.82, 2.24) is 9.29 Å². The molecule has 1 aromatic rings. The molecule has 0 aromatic carbocycles. The standard InChI is InChI=1S/C12H17N3O3S2/c1-15(7-8-4-9(16)5-8)20(17,18)10-2-3-11(12(13)19)14-6-10/h2-3,6,8-9,16H,4-5,7H2,1H3,(H2,13,19). The van der Waals surface area contributed by atoms with E-state index >= 15 is 0 Å². The summed E-state index contributed by atoms with van der Waals surface area (Å²) in [4.78, 5) is 4.18. The Kier molecular flexibility index (Phi) is 4.38. The van der Waals surface area contributed by atoms with E-state index in [0.717, 1.165) is 0 Å². The normalized spacial score (nSPS) is 22.6. The summed E-state index contributed by atoms with van der Waals surface area (Å²) in [6.45, 7) is 0.399. The minimum absolute atomic E-state index is 0.111. The van der Waals surface area contributed by atoms with Gasteiger partial charge >= 0.3 is 0 Å². The van der Waals surface area contributed by atoms with Gasteiger partial charge < -0.3 is 10.8 Å². The van der Waals surface area contributed by atoms with Gasteiger partial charge in [-0.1, -0.05) is 12.2 Å². The van der Waals surface area contributed by atoms with Crippen molar-refractivity contribution < 1.29 is 13.5 Å². The Morgan fingerprint density at radius 2 is 2.20 bits per heavy atom. The summed E-state index contributed by atoms with van der Waals surface area (Å²) >= 11 is 4.77. The number of pyridine rings is 1. The number of aromatic nitrogens is 1. The van der Waals surface area contributed by atoms with Crippen molar-refractivity contribution in [2.45, 2.75) is 23.8 Å². The smallest absolute Gasteiger partial charge is 0.244 e. The molecule has 6 nitrogen and oxygen atoms in total. The van der Waals surface area contributed by atoms with Crippen LogP contribution >= 0.6 is 12.2 Å². The Labute approximate surface area is 123 Å². The molecule has 0 atom stereocenters. The summed E-state index contributed by atoms with van der Waals surface area (Å²) in [6.07, 6.45) is 2.27. The SMILES string of the molecule is CN(CC1CC(O)C1)S(=O)(=O)c1ccc(C(N)=S)nc1. The molecule has 0 unspecified atom stereocenters. The molecule has 1 saturated carbocycles. The van der Waals surface area contributed by atoms with Crippen LogP contribution in [-0.4, -0.2) is 47.5 Å². The van der Waals surface area contributed by atoms with Gasteiger partial charge in [0.15, 0.2) is 0 Å². The molecular formula is C12H17N3O3S2. The zero-order valence-electron chi connectivity index (χ0n) is 11.1. The molecule has 1 aromatic heterocycles. The van der Waals surface area contributed by atoms with E-state index in [9.17, 15) is 13.5 Å². The van der Waals surface area contributed by atoms with Crippen molar-refractivity contribution >= 4 is 27.2 Å². The average Bonchev–Trinajstić information content (AvgIpc) is 2.36. The number of nitrogens with zero attached hydrogens (tertiary/aromatic N) is 2. The Balaban J connectivity index is 2.10. The molecule has 0 radical (unpaired) electrons. The van der Waals surface area contributed by atoms with E-state index in [2.05, 4.69) is 4.98 Å². The highest BCUT2D eigenvalue weighted by Gasteiger charge is 2.31. The molecule has 8 heteroatoms. The van der Waals surface area contributed by atoms with E-state index in [1.165, 1.54) is 29.7 Å². The average molecular weight is 315 g/mol. The largest absolute Gasteiger partial charge is 0.393 e. The third-order valence-electron chi connectivity index (χ3n) is 3.42. The second-order valence-corrected chi connectivity index (χ2v) is 7.50. The van der Waals surface area contributed by atoms with Crippen LogP contribution in [0.4, 0.5) is 0 Å². The second-order valence-electron chi connectivity index (χ2n) is 5.02. The predicted octanol–water partition coefficient (Wildman–Crippen LogP) is 0.107. The summed E-state index contributed by atoms with van der Waals surface area (Å²) in [5.74, 6) is 0.216. The van der Waals surface area contributed by atoms with Gasteiger partial charge in [-0.15, -0.1) is 0 Å². The number of nitrogens with two attached hydrogens (primary N) is 1. The quantitative estimate of drug-likeness (QED) is 0.749. The van der Waals surface area contributed by atoms with Gasteiger partial charge in [0.25, 0.3) is 0 Å². The van der Waals surface area contributed by atoms with Gasteiger partial charge in [0.05, 0.1) is 11.8 Å². The number of rotatable bonds is 5. The fourth-order valence-electron chi connectivity index (χ4n) is 2.17. The summed E-state index contributed by atoms with van der Waals surface area (Å²) in [7, 11) is -2.04. The maximum atomic E-state index is 12.3. The van der Waals surface area contributed by atoms with Crippen molar-refractivity contribution in [3.8, 4) is 0 Å². The van der Waals surface area contributed by atoms with Gasteiger partial charge in [-0.25, -0.2) is 12.7 Å². The van der Waals surface area contributed by atoms with Gasteiger partial charge in [0.2, 0.25) is 10.0 Å². The molecule has 1 aliphatic carbocycles. The first-order valence-electron chi connectivity index (χ1n) is 6.21. The van der Waals surface area contributed by atoms with Crippen LogP contribution in [0.5, 0.6) is 0 Å². The number of aliphatic hydroxyl groups is 1. The summed E-state index contributed by atoms with van der Waals surface area (Å²) in [6, 6.07) is 2.94. The summed E-state index contributed by atoms with van der Waals surface area (Å²) in [5.41, 5.74) is 5.81. The molecule has 1 aliphatic rings. The minimum Gasteiger partial charge on any atom is -0.393 e. The van der Waals surface area contributed by atoms with E-state index in [1.807, 2.05) is 0 Å². The Morgan fingerprint density at radius 3 is 2.65 bits per heavy atom. The number of aliphatic hydroxyl groups excluding tert-OH is 1. The highest BCUT2D eigenvalue weighted by atomic mass is 32.2. The van der Waals surface area contributed by atoms with Crippen molar-refractivity contribution in [3.05, 3.63) is 24.0 Å². The Bertz CT molecular complexity index is 595. The number of hydrogen-bond acceptors (Lipinski definition) is 5. The van der Waals surface area contributed by atoms with Crippen LogP contribution in [0.3, 0.4) is 0 Å². The Morgan fingerprint density at radius 1 is 1.55 bits per heavy atom. The van der Waals surface area contributed by atoms with E-state index in [0.29, 0.717) is 25.1 Å². The highest BCUT2D eigenvalue weighted by Crippen LogP contribution is 2.29. The summed E-state index contributed by atoms with van der Waals surface area (Å²) in [5, 5.41) is 9.23. The van der Waals surface area contributed by atoms with Gasteiger partial charge in [-0.2, -0.15) is 0 Å². The van der Waals surface area contributed by atoms with Crippen LogP contribution in [0.2, 0.25) is 0 Å². The van der Waals surface area contributed by atoms with E-state index in [4.69, 9.17) is 18.0 Å². The first kappa shape index (κ1) is 15.3. The van der Waals surface area contributed by atoms with Gasteiger partial charge in [-0.3, -0.25) is 4.98 Å². The third kappa shape index (κ3) is 3.14. The number of thiocarbonyl (C=S) groups is 1. The summed E-state index contributed by atoms with van der Waals surface area (Å²) < 4.78 is 26.0. The minimum atomic E-state index is -3.57. The number of hydrogen-bond donors (Lipinski definition) is 2. The van der Waals surface area contributed by atoms with Crippen molar-refractivity contribution in [1.29, 1.82) is 0 Å². The fraction of sp³-hybridized carbons (Fsp3) is 0.500. The molecule has 110 valence electrons. The predicted molar refractivity (Wildman–Crippen MR) is 78.7 cm³/mol. The molecule has 0 amide bonds. The molecular weight excluding hydrogens is 298 g/mol. The molecule has 1 heterocycles. The van der Waals surface area contributed by atoms with Gasteiger partial charge in [0.1, 0.15) is 9.88 Å². The maximum absolute atomic E-state index is 12.3. The molecule has 1 fully saturated rings. The highest BCUT2D eigenvalue weighted by molar-refractivity contribution is 7.89.